The number of urea groups is 2. The third-order valence-electron chi connectivity index (χ3n) is 9.51. The van der Waals surface area contributed by atoms with E-state index in [-0.39, 0.29) is 55.0 Å². The lowest BCUT2D eigenvalue weighted by Gasteiger charge is -2.35. The van der Waals surface area contributed by atoms with Crippen molar-refractivity contribution in [1.82, 2.24) is 15.1 Å². The highest BCUT2D eigenvalue weighted by atomic mass is 19.4. The molecule has 4 atom stereocenters. The highest BCUT2D eigenvalue weighted by molar-refractivity contribution is 5.99. The Hall–Kier alpha value is -4.04. The predicted molar refractivity (Wildman–Crippen MR) is 189 cm³/mol. The van der Waals surface area contributed by atoms with E-state index in [1.54, 1.807) is 37.1 Å². The normalized spacial score (nSPS) is 21.8. The van der Waals surface area contributed by atoms with Crippen LogP contribution in [0.5, 0.6) is 5.75 Å². The molecule has 2 aromatic carbocycles. The smallest absolute Gasteiger partial charge is 0.416 e. The van der Waals surface area contributed by atoms with Crippen molar-refractivity contribution in [3.8, 4) is 5.75 Å². The van der Waals surface area contributed by atoms with Gasteiger partial charge in [-0.15, -0.1) is 0 Å². The number of ether oxygens (including phenoxy) is 2. The topological polar surface area (TPSA) is 132 Å². The van der Waals surface area contributed by atoms with Crippen LogP contribution in [-0.2, 0) is 10.9 Å². The van der Waals surface area contributed by atoms with Crippen LogP contribution in [-0.4, -0.2) is 90.5 Å². The molecule has 1 aliphatic carbocycles. The average Bonchev–Trinajstić information content (AvgIpc) is 3.09. The summed E-state index contributed by atoms with van der Waals surface area (Å²) in [5.74, 6) is -0.345. The number of nitrogens with zero attached hydrogens (tertiary/aromatic N) is 2. The van der Waals surface area contributed by atoms with E-state index in [1.807, 2.05) is 13.8 Å². The van der Waals surface area contributed by atoms with Crippen LogP contribution in [0, 0.1) is 5.92 Å². The molecule has 11 nitrogen and oxygen atoms in total. The molecule has 1 heterocycles. The van der Waals surface area contributed by atoms with E-state index in [9.17, 15) is 32.7 Å². The van der Waals surface area contributed by atoms with Crippen LogP contribution in [0.15, 0.2) is 42.5 Å². The molecule has 0 radical (unpaired) electrons. The number of fused-ring (bicyclic) bond motifs is 1. The Morgan fingerprint density at radius 3 is 2.31 bits per heavy atom. The number of alkyl halides is 3. The quantitative estimate of drug-likeness (QED) is 0.241. The Balaban J connectivity index is 1.53. The van der Waals surface area contributed by atoms with Crippen molar-refractivity contribution in [1.29, 1.82) is 0 Å². The summed E-state index contributed by atoms with van der Waals surface area (Å²) in [5, 5.41) is 18.7. The van der Waals surface area contributed by atoms with Gasteiger partial charge in [-0.3, -0.25) is 4.79 Å². The summed E-state index contributed by atoms with van der Waals surface area (Å²) in [6, 6.07) is 7.84. The van der Waals surface area contributed by atoms with Crippen LogP contribution in [0.2, 0.25) is 0 Å². The minimum Gasteiger partial charge on any atom is -0.490 e. The molecule has 2 aliphatic rings. The lowest BCUT2D eigenvalue weighted by molar-refractivity contribution is -0.137. The zero-order chi connectivity index (χ0) is 37.1. The van der Waals surface area contributed by atoms with Crippen molar-refractivity contribution in [2.24, 2.45) is 5.92 Å². The molecule has 2 aromatic rings. The number of benzene rings is 2. The van der Waals surface area contributed by atoms with Crippen LogP contribution in [0.4, 0.5) is 34.1 Å². The first-order valence-electron chi connectivity index (χ1n) is 17.9. The zero-order valence-electron chi connectivity index (χ0n) is 29.9. The summed E-state index contributed by atoms with van der Waals surface area (Å²) in [6.07, 6.45) is 2.12. The fourth-order valence-electron chi connectivity index (χ4n) is 6.38. The third-order valence-corrected chi connectivity index (χ3v) is 9.51. The van der Waals surface area contributed by atoms with E-state index in [1.165, 1.54) is 17.0 Å². The Morgan fingerprint density at radius 2 is 1.65 bits per heavy atom. The first-order valence-corrected chi connectivity index (χ1v) is 17.9. The molecule has 1 aliphatic heterocycles. The Labute approximate surface area is 298 Å². The van der Waals surface area contributed by atoms with Gasteiger partial charge in [0.1, 0.15) is 5.75 Å². The number of hydrogen-bond donors (Lipinski definition) is 4. The molecule has 51 heavy (non-hydrogen) atoms. The van der Waals surface area contributed by atoms with E-state index in [0.717, 1.165) is 57.1 Å². The maximum Gasteiger partial charge on any atom is 0.416 e. The first-order chi connectivity index (χ1) is 24.2. The molecule has 1 fully saturated rings. The van der Waals surface area contributed by atoms with Crippen LogP contribution in [0.3, 0.4) is 0 Å². The van der Waals surface area contributed by atoms with E-state index in [4.69, 9.17) is 9.47 Å². The molecular formula is C37H52F3N5O6. The minimum atomic E-state index is -4.49. The standard InChI is InChI=1S/C37H52F3N5O6/c1-24-21-45(25(2)23-46)34(47)31-20-30(42-35(48)41-28-11-6-5-7-12-28)17-18-32(31)51-26(3)10-8-9-19-50-33(24)22-44(4)36(49)43-29-15-13-27(14-16-29)37(38,39)40/h13-18,20,24-26,28,33,46H,5-12,19,21-23H2,1-4H3,(H,43,49)(H2,41,42,48)/t24-,25-,26+,33+/m1/s1. The molecule has 4 N–H and O–H groups in total. The maximum atomic E-state index is 14.4. The van der Waals surface area contributed by atoms with E-state index in [2.05, 4.69) is 16.0 Å². The fourth-order valence-corrected chi connectivity index (χ4v) is 6.38. The molecule has 1 saturated carbocycles. The summed E-state index contributed by atoms with van der Waals surface area (Å²) >= 11 is 0. The number of carbonyl (C=O) groups is 3. The zero-order valence-corrected chi connectivity index (χ0v) is 29.9. The second-order valence-electron chi connectivity index (χ2n) is 13.8. The largest absolute Gasteiger partial charge is 0.490 e. The molecule has 5 amide bonds. The van der Waals surface area contributed by atoms with Gasteiger partial charge >= 0.3 is 18.2 Å². The number of anilines is 2. The first kappa shape index (κ1) is 39.7. The van der Waals surface area contributed by atoms with E-state index < -0.39 is 35.8 Å². The van der Waals surface area contributed by atoms with Crippen molar-refractivity contribution < 1.29 is 42.1 Å². The van der Waals surface area contributed by atoms with Crippen LogP contribution in [0.25, 0.3) is 0 Å². The third kappa shape index (κ3) is 11.7. The number of rotatable bonds is 7. The lowest BCUT2D eigenvalue weighted by Crippen LogP contribution is -2.48. The molecule has 0 unspecified atom stereocenters. The van der Waals surface area contributed by atoms with E-state index in [0.29, 0.717) is 24.5 Å². The lowest BCUT2D eigenvalue weighted by atomic mass is 9.96. The molecular weight excluding hydrogens is 667 g/mol. The monoisotopic (exact) mass is 719 g/mol. The maximum absolute atomic E-state index is 14.4. The Bertz CT molecular complexity index is 1450. The summed E-state index contributed by atoms with van der Waals surface area (Å²) in [4.78, 5) is 43.3. The van der Waals surface area contributed by atoms with Gasteiger partial charge in [-0.25, -0.2) is 9.59 Å². The number of hydrogen-bond acceptors (Lipinski definition) is 6. The molecule has 0 saturated heterocycles. The van der Waals surface area contributed by atoms with E-state index >= 15 is 0 Å². The summed E-state index contributed by atoms with van der Waals surface area (Å²) in [6.45, 7) is 5.93. The summed E-state index contributed by atoms with van der Waals surface area (Å²) in [7, 11) is 1.56. The average molecular weight is 720 g/mol. The highest BCUT2D eigenvalue weighted by Gasteiger charge is 2.32. The van der Waals surface area contributed by atoms with Gasteiger partial charge in [0.25, 0.3) is 5.91 Å². The second kappa shape index (κ2) is 18.5. The minimum absolute atomic E-state index is 0.106. The number of halogens is 3. The molecule has 0 bridgehead atoms. The fraction of sp³-hybridized carbons (Fsp3) is 0.595. The molecule has 282 valence electrons. The van der Waals surface area contributed by atoms with Gasteiger partial charge in [0.15, 0.2) is 0 Å². The van der Waals surface area contributed by atoms with Gasteiger partial charge < -0.3 is 40.3 Å². The van der Waals surface area contributed by atoms with Crippen LogP contribution in [0.1, 0.15) is 88.1 Å². The van der Waals surface area contributed by atoms with Crippen molar-refractivity contribution in [3.63, 3.8) is 0 Å². The van der Waals surface area contributed by atoms with Crippen molar-refractivity contribution in [2.45, 2.75) is 103 Å². The number of aliphatic hydroxyl groups excluding tert-OH is 1. The van der Waals surface area contributed by atoms with Gasteiger partial charge in [-0.05, 0) is 88.4 Å². The highest BCUT2D eigenvalue weighted by Crippen LogP contribution is 2.31. The number of nitrogens with one attached hydrogen (secondary N) is 3. The SMILES string of the molecule is C[C@@H]1CN([C@H](C)CO)C(=O)c2cc(NC(=O)NC3CCCCC3)ccc2O[C@@H](C)CCCCO[C@H]1CN(C)C(=O)Nc1ccc(C(F)(F)F)cc1. The molecule has 0 spiro atoms. The van der Waals surface area contributed by atoms with Crippen LogP contribution < -0.4 is 20.7 Å². The summed E-state index contributed by atoms with van der Waals surface area (Å²) < 4.78 is 51.6. The molecule has 4 rings (SSSR count). The molecule has 0 aromatic heterocycles. The summed E-state index contributed by atoms with van der Waals surface area (Å²) in [5.41, 5.74) is 0.0682. The number of amides is 5. The predicted octanol–water partition coefficient (Wildman–Crippen LogP) is 7.12. The number of carbonyl (C=O) groups excluding carboxylic acids is 3. The molecule has 14 heteroatoms. The Morgan fingerprint density at radius 1 is 0.980 bits per heavy atom. The van der Waals surface area contributed by atoms with Crippen molar-refractivity contribution in [2.75, 3.05) is 44.0 Å². The van der Waals surface area contributed by atoms with Gasteiger partial charge in [-0.2, -0.15) is 13.2 Å². The van der Waals surface area contributed by atoms with Gasteiger partial charge in [0, 0.05) is 50.1 Å². The van der Waals surface area contributed by atoms with Gasteiger partial charge in [0.05, 0.1) is 36.0 Å². The van der Waals surface area contributed by atoms with Crippen LogP contribution >= 0.6 is 0 Å². The van der Waals surface area contributed by atoms with Crippen molar-refractivity contribution in [3.05, 3.63) is 53.6 Å². The van der Waals surface area contributed by atoms with Gasteiger partial charge in [0.2, 0.25) is 0 Å². The van der Waals surface area contributed by atoms with Crippen molar-refractivity contribution >= 4 is 29.3 Å². The second-order valence-corrected chi connectivity index (χ2v) is 13.8. The number of aliphatic hydroxyl groups is 1. The Kier molecular flexibility index (Phi) is 14.4. The van der Waals surface area contributed by atoms with Gasteiger partial charge in [-0.1, -0.05) is 26.2 Å². The number of likely N-dealkylation sites (N-methyl/N-ethyl adjacent to an activating group) is 1.